The van der Waals surface area contributed by atoms with Gasteiger partial charge in [-0.15, -0.1) is 0 Å². The van der Waals surface area contributed by atoms with E-state index in [1.54, 1.807) is 0 Å². The van der Waals surface area contributed by atoms with Crippen molar-refractivity contribution in [3.8, 4) is 0 Å². The number of hydrogen-bond donors (Lipinski definition) is 0. The zero-order valence-corrected chi connectivity index (χ0v) is 10.5. The number of hydrogen-bond acceptors (Lipinski definition) is 0. The Morgan fingerprint density at radius 3 is 1.00 bits per heavy atom. The van der Waals surface area contributed by atoms with Crippen molar-refractivity contribution in [2.75, 3.05) is 0 Å². The first-order valence-electron chi connectivity index (χ1n) is 0.834. The van der Waals surface area contributed by atoms with Crippen molar-refractivity contribution in [1.82, 2.24) is 0 Å². The van der Waals surface area contributed by atoms with Crippen LogP contribution in [0.15, 0.2) is 0 Å². The zero-order chi connectivity index (χ0) is 6.28. The van der Waals surface area contributed by atoms with Gasteiger partial charge in [-0.1, -0.05) is 0 Å². The normalized spacial score (nSPS) is 8.29. The fraction of sp³-hybridized carbons (Fsp3) is 0. The van der Waals surface area contributed by atoms with Crippen LogP contribution >= 0.6 is 47.0 Å². The van der Waals surface area contributed by atoms with Gasteiger partial charge in [0.05, 0.1) is 0 Å². The van der Waals surface area contributed by atoms with E-state index in [-0.39, 0.29) is 13.1 Å². The van der Waals surface area contributed by atoms with Crippen LogP contribution in [0.2, 0.25) is 0 Å². The summed E-state index contributed by atoms with van der Waals surface area (Å²) in [6, 6.07) is 0. The van der Waals surface area contributed by atoms with Crippen molar-refractivity contribution in [1.29, 1.82) is 0 Å². The van der Waals surface area contributed by atoms with E-state index in [0.29, 0.717) is 0 Å². The fourth-order valence-corrected chi connectivity index (χ4v) is 0. The van der Waals surface area contributed by atoms with E-state index in [9.17, 15) is 0 Å². The van der Waals surface area contributed by atoms with Gasteiger partial charge in [-0.3, -0.25) is 0 Å². The molecule has 0 fully saturated rings. The third kappa shape index (κ3) is 52.4. The predicted molar refractivity (Wildman–Crippen MR) is 35.0 cm³/mol. The van der Waals surface area contributed by atoms with Crippen LogP contribution in [0.4, 0.5) is 0 Å². The molecule has 7 heavy (non-hydrogen) atoms. The predicted octanol–water partition coefficient (Wildman–Crippen LogP) is 3.06. The second-order valence-corrected chi connectivity index (χ2v) is 14.8. The molecular weight excluding hydrogens is 352 g/mol. The van der Waals surface area contributed by atoms with E-state index < -0.39 is 16.4 Å². The van der Waals surface area contributed by atoms with Crippen LogP contribution in [0.25, 0.3) is 0 Å². The molecule has 0 saturated carbocycles. The molecule has 0 aromatic heterocycles. The molecule has 0 saturated heterocycles. The van der Waals surface area contributed by atoms with Gasteiger partial charge in [-0.2, -0.15) is 0 Å². The molecule has 0 atom stereocenters. The van der Waals surface area contributed by atoms with Gasteiger partial charge in [0.2, 0.25) is 0 Å². The molecule has 7 heteroatoms. The molecule has 1 radical (unpaired) electrons. The Bertz CT molecular complexity index is 19.3. The van der Waals surface area contributed by atoms with Crippen molar-refractivity contribution in [3.05, 3.63) is 0 Å². The molecule has 0 nitrogen and oxygen atoms in total. The monoisotopic (exact) mass is 351 g/mol. The average molecular weight is 352 g/mol. The molecule has 0 unspecified atom stereocenters. The molecule has 0 bridgehead atoms. The van der Waals surface area contributed by atoms with Crippen LogP contribution in [0, 0.1) is 0 Å². The Kier molecular flexibility index (Phi) is 20.5. The first-order valence-corrected chi connectivity index (χ1v) is 14.7. The Labute approximate surface area is 75.3 Å². The first-order chi connectivity index (χ1) is 3.15. The molecule has 47 valence electrons. The molecule has 0 aliphatic heterocycles. The molecule has 0 N–H and O–H groups in total. The van der Waals surface area contributed by atoms with Crippen LogP contribution in [-0.4, -0.2) is 16.4 Å². The third-order valence-corrected chi connectivity index (χ3v) is 0. The van der Waals surface area contributed by atoms with Gasteiger partial charge >= 0.3 is 76.5 Å². The van der Waals surface area contributed by atoms with Gasteiger partial charge in [-0.25, -0.2) is 0 Å². The molecule has 0 aliphatic carbocycles. The van der Waals surface area contributed by atoms with Crippen molar-refractivity contribution in [3.63, 3.8) is 0 Å². The molecule has 0 aliphatic rings. The summed E-state index contributed by atoms with van der Waals surface area (Å²) in [5, 5.41) is 0. The average Bonchev–Trinajstić information content (AvgIpc) is 1.33. The van der Waals surface area contributed by atoms with Crippen LogP contribution in [0.5, 0.6) is 0 Å². The summed E-state index contributed by atoms with van der Waals surface area (Å²) >= 11 is -1.93. The molecular formula is Cl5FeSn. The second-order valence-electron chi connectivity index (χ2n) is 0.265. The van der Waals surface area contributed by atoms with Gasteiger partial charge in [0.25, 0.3) is 0 Å². The van der Waals surface area contributed by atoms with Crippen molar-refractivity contribution >= 4 is 63.3 Å². The summed E-state index contributed by atoms with van der Waals surface area (Å²) in [6.07, 6.45) is 0. The SMILES string of the molecule is [Cl][Fe][Cl].[Cl][Sn]([Cl])[Cl]. The summed E-state index contributed by atoms with van der Waals surface area (Å²) in [6.45, 7) is 0. The first kappa shape index (κ1) is 12.4. The minimum absolute atomic E-state index is 0.194. The summed E-state index contributed by atoms with van der Waals surface area (Å²) < 4.78 is 0. The maximum atomic E-state index is 5.00. The van der Waals surface area contributed by atoms with E-state index in [4.69, 9.17) is 47.0 Å². The van der Waals surface area contributed by atoms with Crippen molar-refractivity contribution in [2.45, 2.75) is 0 Å². The Morgan fingerprint density at radius 1 is 1.00 bits per heavy atom. The third-order valence-electron chi connectivity index (χ3n) is 0. The standard InChI is InChI=1S/5ClH.Fe.Sn/h5*1H;;/q;;;;;+2;+3/p-5. The van der Waals surface area contributed by atoms with Crippen LogP contribution in [0.1, 0.15) is 0 Å². The maximum absolute atomic E-state index is 5.00. The Hall–Kier alpha value is 2.77. The van der Waals surface area contributed by atoms with Crippen LogP contribution < -0.4 is 0 Å². The summed E-state index contributed by atoms with van der Waals surface area (Å²) in [4.78, 5) is 0. The summed E-state index contributed by atoms with van der Waals surface area (Å²) in [7, 11) is 24.5. The van der Waals surface area contributed by atoms with Crippen molar-refractivity contribution in [2.24, 2.45) is 0 Å². The molecule has 0 spiro atoms. The van der Waals surface area contributed by atoms with Crippen molar-refractivity contribution < 1.29 is 13.1 Å². The van der Waals surface area contributed by atoms with Gasteiger partial charge in [0, 0.05) is 0 Å². The van der Waals surface area contributed by atoms with E-state index in [1.165, 1.54) is 0 Å². The van der Waals surface area contributed by atoms with E-state index in [1.807, 2.05) is 0 Å². The number of halogens is 5. The van der Waals surface area contributed by atoms with Gasteiger partial charge < -0.3 is 0 Å². The van der Waals surface area contributed by atoms with Gasteiger partial charge in [-0.05, 0) is 0 Å². The minimum atomic E-state index is -2.13. The Balaban J connectivity index is 0. The summed E-state index contributed by atoms with van der Waals surface area (Å²) in [5.41, 5.74) is 0. The van der Waals surface area contributed by atoms with Gasteiger partial charge in [0.1, 0.15) is 0 Å². The van der Waals surface area contributed by atoms with Crippen LogP contribution in [-0.2, 0) is 13.1 Å². The van der Waals surface area contributed by atoms with E-state index >= 15 is 0 Å². The molecule has 0 amide bonds. The Morgan fingerprint density at radius 2 is 1.00 bits per heavy atom. The second kappa shape index (κ2) is 11.6. The van der Waals surface area contributed by atoms with Gasteiger partial charge in [0.15, 0.2) is 0 Å². The molecule has 0 aromatic carbocycles. The molecule has 0 rings (SSSR count). The van der Waals surface area contributed by atoms with E-state index in [0.717, 1.165) is 0 Å². The molecule has 0 heterocycles. The van der Waals surface area contributed by atoms with E-state index in [2.05, 4.69) is 0 Å². The van der Waals surface area contributed by atoms with Crippen LogP contribution in [0.3, 0.4) is 0 Å². The quantitative estimate of drug-likeness (QED) is 0.588. The zero-order valence-electron chi connectivity index (χ0n) is 2.74. The number of rotatable bonds is 0. The topological polar surface area (TPSA) is 0 Å². The molecule has 0 aromatic rings. The summed E-state index contributed by atoms with van der Waals surface area (Å²) in [5.74, 6) is 0. The fourth-order valence-electron chi connectivity index (χ4n) is 0.